The van der Waals surface area contributed by atoms with Crippen molar-refractivity contribution in [1.29, 1.82) is 0 Å². The SMILES string of the molecule is CC1=Cc2ccc(C)cc2NC1. The summed E-state index contributed by atoms with van der Waals surface area (Å²) in [6.45, 7) is 5.25. The number of benzene rings is 1. The second-order valence-corrected chi connectivity index (χ2v) is 3.43. The summed E-state index contributed by atoms with van der Waals surface area (Å²) in [6, 6.07) is 6.51. The zero-order chi connectivity index (χ0) is 8.55. The molecule has 2 rings (SSSR count). The molecule has 0 fully saturated rings. The molecule has 12 heavy (non-hydrogen) atoms. The topological polar surface area (TPSA) is 12.0 Å². The number of hydrogen-bond donors (Lipinski definition) is 1. The zero-order valence-electron chi connectivity index (χ0n) is 7.52. The quantitative estimate of drug-likeness (QED) is 0.613. The zero-order valence-corrected chi connectivity index (χ0v) is 7.52. The number of anilines is 1. The fourth-order valence-corrected chi connectivity index (χ4v) is 1.50. The van der Waals surface area contributed by atoms with Crippen molar-refractivity contribution in [1.82, 2.24) is 0 Å². The predicted octanol–water partition coefficient (Wildman–Crippen LogP) is 2.82. The normalized spacial score (nSPS) is 14.7. The summed E-state index contributed by atoms with van der Waals surface area (Å²) >= 11 is 0. The van der Waals surface area contributed by atoms with E-state index in [0.29, 0.717) is 0 Å². The molecule has 1 heteroatoms. The minimum atomic E-state index is 0.983. The number of nitrogens with one attached hydrogen (secondary N) is 1. The van der Waals surface area contributed by atoms with E-state index < -0.39 is 0 Å². The van der Waals surface area contributed by atoms with E-state index in [1.54, 1.807) is 0 Å². The fourth-order valence-electron chi connectivity index (χ4n) is 1.50. The van der Waals surface area contributed by atoms with Crippen molar-refractivity contribution in [2.45, 2.75) is 13.8 Å². The summed E-state index contributed by atoms with van der Waals surface area (Å²) in [7, 11) is 0. The number of hydrogen-bond acceptors (Lipinski definition) is 1. The molecule has 1 aliphatic heterocycles. The molecule has 1 N–H and O–H groups in total. The van der Waals surface area contributed by atoms with Crippen LogP contribution in [0.3, 0.4) is 0 Å². The van der Waals surface area contributed by atoms with Crippen molar-refractivity contribution >= 4 is 11.8 Å². The molecule has 1 heterocycles. The molecule has 1 aliphatic rings. The van der Waals surface area contributed by atoms with Crippen molar-refractivity contribution in [3.05, 3.63) is 34.9 Å². The van der Waals surface area contributed by atoms with Crippen LogP contribution in [0.4, 0.5) is 5.69 Å². The predicted molar refractivity (Wildman–Crippen MR) is 53.3 cm³/mol. The Balaban J connectivity index is 2.51. The first-order valence-corrected chi connectivity index (χ1v) is 4.27. The van der Waals surface area contributed by atoms with Crippen LogP contribution < -0.4 is 5.32 Å². The molecular formula is C11H13N. The van der Waals surface area contributed by atoms with E-state index in [2.05, 4.69) is 43.4 Å². The molecule has 0 atom stereocenters. The van der Waals surface area contributed by atoms with Crippen molar-refractivity contribution in [3.8, 4) is 0 Å². The maximum Gasteiger partial charge on any atom is 0.0418 e. The first-order chi connectivity index (χ1) is 5.75. The van der Waals surface area contributed by atoms with Gasteiger partial charge in [0.05, 0.1) is 0 Å². The summed E-state index contributed by atoms with van der Waals surface area (Å²) in [5.74, 6) is 0. The maximum atomic E-state index is 3.38. The first-order valence-electron chi connectivity index (χ1n) is 4.27. The minimum absolute atomic E-state index is 0.983. The molecule has 0 radical (unpaired) electrons. The Morgan fingerprint density at radius 3 is 2.92 bits per heavy atom. The summed E-state index contributed by atoms with van der Waals surface area (Å²) in [5, 5.41) is 3.38. The van der Waals surface area contributed by atoms with E-state index in [0.717, 1.165) is 6.54 Å². The Kier molecular flexibility index (Phi) is 1.65. The van der Waals surface area contributed by atoms with Gasteiger partial charge in [0.15, 0.2) is 0 Å². The van der Waals surface area contributed by atoms with Crippen molar-refractivity contribution in [2.75, 3.05) is 11.9 Å². The largest absolute Gasteiger partial charge is 0.381 e. The van der Waals surface area contributed by atoms with Gasteiger partial charge in [0.25, 0.3) is 0 Å². The Bertz CT molecular complexity index is 337. The number of rotatable bonds is 0. The second-order valence-electron chi connectivity index (χ2n) is 3.43. The van der Waals surface area contributed by atoms with Crippen LogP contribution in [-0.2, 0) is 0 Å². The van der Waals surface area contributed by atoms with Gasteiger partial charge in [0, 0.05) is 12.2 Å². The molecule has 1 nitrogen and oxygen atoms in total. The van der Waals surface area contributed by atoms with Gasteiger partial charge < -0.3 is 5.32 Å². The third kappa shape index (κ3) is 1.22. The van der Waals surface area contributed by atoms with E-state index in [1.807, 2.05) is 0 Å². The highest BCUT2D eigenvalue weighted by Gasteiger charge is 2.05. The molecule has 0 spiro atoms. The van der Waals surface area contributed by atoms with Crippen LogP contribution in [0.25, 0.3) is 6.08 Å². The van der Waals surface area contributed by atoms with Crippen LogP contribution in [0.5, 0.6) is 0 Å². The molecule has 1 aromatic rings. The van der Waals surface area contributed by atoms with Gasteiger partial charge in [-0.3, -0.25) is 0 Å². The van der Waals surface area contributed by atoms with Gasteiger partial charge in [-0.05, 0) is 31.0 Å². The second kappa shape index (κ2) is 2.67. The Morgan fingerprint density at radius 1 is 1.25 bits per heavy atom. The van der Waals surface area contributed by atoms with Gasteiger partial charge in [-0.25, -0.2) is 0 Å². The average molecular weight is 159 g/mol. The molecule has 0 aromatic heterocycles. The molecule has 0 bridgehead atoms. The monoisotopic (exact) mass is 159 g/mol. The van der Waals surface area contributed by atoms with Crippen LogP contribution in [0.1, 0.15) is 18.1 Å². The van der Waals surface area contributed by atoms with Crippen LogP contribution in [0.15, 0.2) is 23.8 Å². The summed E-state index contributed by atoms with van der Waals surface area (Å²) in [6.07, 6.45) is 2.24. The smallest absolute Gasteiger partial charge is 0.0418 e. The van der Waals surface area contributed by atoms with Gasteiger partial charge in [0.1, 0.15) is 0 Å². The Labute approximate surface area is 73.1 Å². The van der Waals surface area contributed by atoms with Crippen LogP contribution in [0.2, 0.25) is 0 Å². The highest BCUT2D eigenvalue weighted by molar-refractivity contribution is 5.72. The Hall–Kier alpha value is -1.24. The van der Waals surface area contributed by atoms with Gasteiger partial charge in [-0.2, -0.15) is 0 Å². The average Bonchev–Trinajstić information content (AvgIpc) is 2.05. The van der Waals surface area contributed by atoms with Crippen LogP contribution in [0, 0.1) is 6.92 Å². The van der Waals surface area contributed by atoms with Crippen molar-refractivity contribution in [3.63, 3.8) is 0 Å². The van der Waals surface area contributed by atoms with E-state index in [4.69, 9.17) is 0 Å². The van der Waals surface area contributed by atoms with E-state index in [9.17, 15) is 0 Å². The van der Waals surface area contributed by atoms with Crippen molar-refractivity contribution < 1.29 is 0 Å². The summed E-state index contributed by atoms with van der Waals surface area (Å²) in [5.41, 5.74) is 5.28. The molecule has 0 saturated heterocycles. The summed E-state index contributed by atoms with van der Waals surface area (Å²) < 4.78 is 0. The summed E-state index contributed by atoms with van der Waals surface area (Å²) in [4.78, 5) is 0. The van der Waals surface area contributed by atoms with Gasteiger partial charge in [-0.15, -0.1) is 0 Å². The molecule has 0 aliphatic carbocycles. The lowest BCUT2D eigenvalue weighted by Crippen LogP contribution is -2.08. The fraction of sp³-hybridized carbons (Fsp3) is 0.273. The van der Waals surface area contributed by atoms with E-state index in [1.165, 1.54) is 22.4 Å². The van der Waals surface area contributed by atoms with Crippen LogP contribution in [-0.4, -0.2) is 6.54 Å². The van der Waals surface area contributed by atoms with Crippen molar-refractivity contribution in [2.24, 2.45) is 0 Å². The molecule has 0 saturated carbocycles. The number of aryl methyl sites for hydroxylation is 1. The van der Waals surface area contributed by atoms with E-state index >= 15 is 0 Å². The van der Waals surface area contributed by atoms with Gasteiger partial charge in [-0.1, -0.05) is 23.8 Å². The molecule has 0 amide bonds. The minimum Gasteiger partial charge on any atom is -0.381 e. The lowest BCUT2D eigenvalue weighted by atomic mass is 10.0. The molecular weight excluding hydrogens is 146 g/mol. The molecule has 0 unspecified atom stereocenters. The first kappa shape index (κ1) is 7.41. The molecule has 1 aromatic carbocycles. The standard InChI is InChI=1S/C11H13N/c1-8-3-4-10-5-9(2)7-12-11(10)6-8/h3-6,12H,7H2,1-2H3. The highest BCUT2D eigenvalue weighted by Crippen LogP contribution is 2.24. The third-order valence-electron chi connectivity index (χ3n) is 2.17. The lowest BCUT2D eigenvalue weighted by Gasteiger charge is -2.16. The third-order valence-corrected chi connectivity index (χ3v) is 2.17. The van der Waals surface area contributed by atoms with Gasteiger partial charge in [0.2, 0.25) is 0 Å². The highest BCUT2D eigenvalue weighted by atomic mass is 14.9. The van der Waals surface area contributed by atoms with Crippen LogP contribution >= 0.6 is 0 Å². The van der Waals surface area contributed by atoms with E-state index in [-0.39, 0.29) is 0 Å². The maximum absolute atomic E-state index is 3.38. The molecule has 62 valence electrons. The number of fused-ring (bicyclic) bond motifs is 1. The Morgan fingerprint density at radius 2 is 2.08 bits per heavy atom. The van der Waals surface area contributed by atoms with Gasteiger partial charge >= 0.3 is 0 Å². The lowest BCUT2D eigenvalue weighted by molar-refractivity contribution is 1.19.